The van der Waals surface area contributed by atoms with E-state index in [0.29, 0.717) is 5.56 Å². The van der Waals surface area contributed by atoms with Crippen LogP contribution in [0.5, 0.6) is 5.75 Å². The summed E-state index contributed by atoms with van der Waals surface area (Å²) in [6, 6.07) is 4.27. The summed E-state index contributed by atoms with van der Waals surface area (Å²) < 4.78 is 18.1. The Balaban J connectivity index is 2.91. The largest absolute Gasteiger partial charge is 0.494 e. The van der Waals surface area contributed by atoms with E-state index in [4.69, 9.17) is 15.6 Å². The number of carbonyl (C=O) groups is 1. The molecule has 1 aromatic carbocycles. The maximum atomic E-state index is 13.3. The molecule has 1 unspecified atom stereocenters. The first-order valence-electron chi connectivity index (χ1n) is 4.71. The van der Waals surface area contributed by atoms with Crippen LogP contribution in [-0.2, 0) is 11.2 Å². The zero-order valence-electron chi connectivity index (χ0n) is 9.16. The van der Waals surface area contributed by atoms with Gasteiger partial charge in [-0.15, -0.1) is 0 Å². The average molecular weight is 227 g/mol. The molecule has 88 valence electrons. The molecule has 0 aromatic heterocycles. The monoisotopic (exact) mass is 227 g/mol. The third-order valence-electron chi connectivity index (χ3n) is 2.28. The van der Waals surface area contributed by atoms with E-state index in [-0.39, 0.29) is 12.2 Å². The fourth-order valence-corrected chi connectivity index (χ4v) is 1.32. The number of carboxylic acids is 1. The molecular formula is C11H14FNO3. The van der Waals surface area contributed by atoms with Gasteiger partial charge in [0.2, 0.25) is 0 Å². The highest BCUT2D eigenvalue weighted by molar-refractivity contribution is 5.78. The summed E-state index contributed by atoms with van der Waals surface area (Å²) in [5.74, 6) is -1.53. The molecule has 0 aliphatic rings. The van der Waals surface area contributed by atoms with Crippen molar-refractivity contribution in [1.29, 1.82) is 0 Å². The molecule has 0 bridgehead atoms. The third kappa shape index (κ3) is 2.70. The Morgan fingerprint density at radius 1 is 1.62 bits per heavy atom. The van der Waals surface area contributed by atoms with Crippen LogP contribution in [0.15, 0.2) is 18.2 Å². The van der Waals surface area contributed by atoms with Gasteiger partial charge < -0.3 is 15.6 Å². The smallest absolute Gasteiger partial charge is 0.323 e. The molecule has 1 atom stereocenters. The number of aliphatic carboxylic acids is 1. The van der Waals surface area contributed by atoms with E-state index in [9.17, 15) is 9.18 Å². The molecule has 0 aliphatic carbocycles. The second-order valence-corrected chi connectivity index (χ2v) is 3.87. The van der Waals surface area contributed by atoms with Crippen molar-refractivity contribution in [1.82, 2.24) is 0 Å². The van der Waals surface area contributed by atoms with E-state index in [1.165, 1.54) is 26.2 Å². The molecule has 0 fully saturated rings. The number of hydrogen-bond donors (Lipinski definition) is 2. The molecule has 16 heavy (non-hydrogen) atoms. The fraction of sp³-hybridized carbons (Fsp3) is 0.364. The first-order valence-corrected chi connectivity index (χ1v) is 4.71. The number of nitrogens with two attached hydrogens (primary N) is 1. The summed E-state index contributed by atoms with van der Waals surface area (Å²) in [5, 5.41) is 8.83. The summed E-state index contributed by atoms with van der Waals surface area (Å²) in [4.78, 5) is 10.8. The lowest BCUT2D eigenvalue weighted by atomic mass is 9.94. The van der Waals surface area contributed by atoms with Crippen LogP contribution in [0, 0.1) is 5.82 Å². The topological polar surface area (TPSA) is 72.5 Å². The summed E-state index contributed by atoms with van der Waals surface area (Å²) >= 11 is 0. The highest BCUT2D eigenvalue weighted by Gasteiger charge is 2.28. The number of carboxylic acid groups (broad SMARTS) is 1. The number of benzene rings is 1. The van der Waals surface area contributed by atoms with E-state index in [1.54, 1.807) is 6.07 Å². The van der Waals surface area contributed by atoms with Gasteiger partial charge in [-0.1, -0.05) is 6.07 Å². The number of methoxy groups -OCH3 is 1. The molecule has 0 heterocycles. The van der Waals surface area contributed by atoms with E-state index in [0.717, 1.165) is 0 Å². The lowest BCUT2D eigenvalue weighted by Gasteiger charge is -2.19. The zero-order valence-corrected chi connectivity index (χ0v) is 9.16. The Morgan fingerprint density at radius 2 is 2.25 bits per heavy atom. The van der Waals surface area contributed by atoms with Gasteiger partial charge in [0.15, 0.2) is 11.6 Å². The van der Waals surface area contributed by atoms with Crippen LogP contribution in [0.2, 0.25) is 0 Å². The highest BCUT2D eigenvalue weighted by Crippen LogP contribution is 2.20. The Morgan fingerprint density at radius 3 is 2.69 bits per heavy atom. The van der Waals surface area contributed by atoms with Crippen LogP contribution < -0.4 is 10.5 Å². The maximum Gasteiger partial charge on any atom is 0.323 e. The third-order valence-corrected chi connectivity index (χ3v) is 2.28. The van der Waals surface area contributed by atoms with E-state index >= 15 is 0 Å². The number of ether oxygens (including phenoxy) is 1. The molecule has 4 nitrogen and oxygen atoms in total. The van der Waals surface area contributed by atoms with Crippen LogP contribution in [0.1, 0.15) is 12.5 Å². The molecule has 0 saturated heterocycles. The molecule has 5 heteroatoms. The second kappa shape index (κ2) is 4.49. The first-order chi connectivity index (χ1) is 7.36. The summed E-state index contributed by atoms with van der Waals surface area (Å²) in [5.41, 5.74) is 4.68. The Kier molecular flexibility index (Phi) is 3.49. The van der Waals surface area contributed by atoms with Crippen LogP contribution in [0.3, 0.4) is 0 Å². The predicted molar refractivity (Wildman–Crippen MR) is 56.9 cm³/mol. The van der Waals surface area contributed by atoms with Gasteiger partial charge in [-0.25, -0.2) is 4.39 Å². The van der Waals surface area contributed by atoms with Crippen molar-refractivity contribution in [3.05, 3.63) is 29.6 Å². The molecule has 3 N–H and O–H groups in total. The Hall–Kier alpha value is -1.62. The van der Waals surface area contributed by atoms with Crippen LogP contribution >= 0.6 is 0 Å². The first kappa shape index (κ1) is 12.4. The Bertz CT molecular complexity index is 404. The minimum atomic E-state index is -1.40. The summed E-state index contributed by atoms with van der Waals surface area (Å²) in [6.45, 7) is 1.39. The van der Waals surface area contributed by atoms with E-state index in [1.807, 2.05) is 0 Å². The zero-order chi connectivity index (χ0) is 12.3. The Labute approximate surface area is 92.8 Å². The highest BCUT2D eigenvalue weighted by atomic mass is 19.1. The van der Waals surface area contributed by atoms with Gasteiger partial charge in [0.1, 0.15) is 5.54 Å². The van der Waals surface area contributed by atoms with Crippen molar-refractivity contribution in [2.24, 2.45) is 5.73 Å². The molecule has 0 spiro atoms. The molecule has 1 rings (SSSR count). The molecule has 0 radical (unpaired) electrons. The van der Waals surface area contributed by atoms with Crippen molar-refractivity contribution < 1.29 is 19.0 Å². The maximum absolute atomic E-state index is 13.3. The van der Waals surface area contributed by atoms with Gasteiger partial charge >= 0.3 is 5.97 Å². The molecule has 0 aliphatic heterocycles. The van der Waals surface area contributed by atoms with Gasteiger partial charge in [-0.05, 0) is 24.6 Å². The van der Waals surface area contributed by atoms with Gasteiger partial charge in [0, 0.05) is 6.42 Å². The molecule has 0 amide bonds. The van der Waals surface area contributed by atoms with Crippen molar-refractivity contribution in [2.75, 3.05) is 7.11 Å². The van der Waals surface area contributed by atoms with Gasteiger partial charge in [0.05, 0.1) is 7.11 Å². The minimum absolute atomic E-state index is 0.0588. The van der Waals surface area contributed by atoms with Gasteiger partial charge in [-0.2, -0.15) is 0 Å². The average Bonchev–Trinajstić information content (AvgIpc) is 2.17. The normalized spacial score (nSPS) is 14.2. The number of hydrogen-bond acceptors (Lipinski definition) is 3. The lowest BCUT2D eigenvalue weighted by Crippen LogP contribution is -2.46. The van der Waals surface area contributed by atoms with E-state index < -0.39 is 17.3 Å². The van der Waals surface area contributed by atoms with Gasteiger partial charge in [0.25, 0.3) is 0 Å². The van der Waals surface area contributed by atoms with Gasteiger partial charge in [-0.3, -0.25) is 4.79 Å². The van der Waals surface area contributed by atoms with Crippen LogP contribution in [0.4, 0.5) is 4.39 Å². The molecular weight excluding hydrogens is 213 g/mol. The fourth-order valence-electron chi connectivity index (χ4n) is 1.32. The van der Waals surface area contributed by atoms with Crippen LogP contribution in [-0.4, -0.2) is 23.7 Å². The standard InChI is InChI=1S/C11H14FNO3/c1-11(13,10(14)15)6-7-3-4-9(16-2)8(12)5-7/h3-5H,6,13H2,1-2H3,(H,14,15). The molecule has 0 saturated carbocycles. The summed E-state index contributed by atoms with van der Waals surface area (Å²) in [6.07, 6.45) is 0.0588. The van der Waals surface area contributed by atoms with Crippen molar-refractivity contribution in [2.45, 2.75) is 18.9 Å². The van der Waals surface area contributed by atoms with E-state index in [2.05, 4.69) is 0 Å². The summed E-state index contributed by atoms with van der Waals surface area (Å²) in [7, 11) is 1.36. The quantitative estimate of drug-likeness (QED) is 0.810. The molecule has 1 aromatic rings. The predicted octanol–water partition coefficient (Wildman–Crippen LogP) is 1.18. The lowest BCUT2D eigenvalue weighted by molar-refractivity contribution is -0.142. The SMILES string of the molecule is COc1ccc(CC(C)(N)C(=O)O)cc1F. The van der Waals surface area contributed by atoms with Crippen molar-refractivity contribution >= 4 is 5.97 Å². The second-order valence-electron chi connectivity index (χ2n) is 3.87. The van der Waals surface area contributed by atoms with Crippen LogP contribution in [0.25, 0.3) is 0 Å². The minimum Gasteiger partial charge on any atom is -0.494 e. The van der Waals surface area contributed by atoms with Crippen molar-refractivity contribution in [3.63, 3.8) is 0 Å². The van der Waals surface area contributed by atoms with Crippen molar-refractivity contribution in [3.8, 4) is 5.75 Å². The number of halogens is 1. The number of rotatable bonds is 4.